The molecule has 0 spiro atoms. The van der Waals surface area contributed by atoms with Crippen molar-refractivity contribution in [2.75, 3.05) is 18.5 Å². The van der Waals surface area contributed by atoms with Gasteiger partial charge in [0.25, 0.3) is 0 Å². The molecule has 3 rings (SSSR count). The minimum atomic E-state index is -0.715. The number of pyridine rings is 1. The summed E-state index contributed by atoms with van der Waals surface area (Å²) in [5.41, 5.74) is -0.115. The molecule has 3 aromatic rings. The first-order valence-corrected chi connectivity index (χ1v) is 12.1. The Morgan fingerprint density at radius 2 is 1.76 bits per heavy atom. The van der Waals surface area contributed by atoms with Crippen molar-refractivity contribution in [3.8, 4) is 17.3 Å². The first-order chi connectivity index (χ1) is 17.3. The van der Waals surface area contributed by atoms with E-state index in [1.807, 2.05) is 6.92 Å². The molecule has 2 N–H and O–H groups in total. The fraction of sp³-hybridized carbons (Fsp3) is 0.565. The number of carbonyl (C=O) groups excluding carboxylic acids is 2. The van der Waals surface area contributed by atoms with Crippen LogP contribution in [0.2, 0.25) is 5.15 Å². The lowest BCUT2D eigenvalue weighted by molar-refractivity contribution is 0.0524. The van der Waals surface area contributed by atoms with E-state index in [0.717, 1.165) is 0 Å². The Hall–Kier alpha value is -3.61. The summed E-state index contributed by atoms with van der Waals surface area (Å²) in [7, 11) is 0. The normalized spacial score (nSPS) is 11.9. The molecule has 0 saturated heterocycles. The lowest BCUT2D eigenvalue weighted by atomic mass is 10.2. The molecule has 0 unspecified atom stereocenters. The van der Waals surface area contributed by atoms with Crippen LogP contribution in [0.5, 0.6) is 5.75 Å². The number of carbonyl (C=O) groups is 2. The summed E-state index contributed by atoms with van der Waals surface area (Å²) >= 11 is 6.35. The zero-order valence-electron chi connectivity index (χ0n) is 22.0. The molecule has 0 saturated carbocycles. The van der Waals surface area contributed by atoms with Crippen LogP contribution in [0.4, 0.5) is 15.4 Å². The maximum Gasteiger partial charge on any atom is 0.413 e. The molecule has 0 aromatic carbocycles. The van der Waals surface area contributed by atoms with E-state index in [0.29, 0.717) is 42.1 Å². The van der Waals surface area contributed by atoms with Gasteiger partial charge in [0.2, 0.25) is 5.82 Å². The third-order valence-electron chi connectivity index (χ3n) is 4.57. The molecule has 0 aliphatic heterocycles. The van der Waals surface area contributed by atoms with Crippen LogP contribution in [0, 0.1) is 0 Å². The Morgan fingerprint density at radius 1 is 1.08 bits per heavy atom. The van der Waals surface area contributed by atoms with Gasteiger partial charge in [0.15, 0.2) is 22.4 Å². The number of alkyl carbamates (subject to hydrolysis) is 1. The van der Waals surface area contributed by atoms with Crippen LogP contribution in [-0.4, -0.2) is 61.4 Å². The van der Waals surface area contributed by atoms with Gasteiger partial charge in [-0.2, -0.15) is 0 Å². The number of rotatable bonds is 8. The van der Waals surface area contributed by atoms with Crippen molar-refractivity contribution in [1.29, 1.82) is 0 Å². The highest BCUT2D eigenvalue weighted by atomic mass is 35.5. The van der Waals surface area contributed by atoms with E-state index in [9.17, 15) is 9.59 Å². The summed E-state index contributed by atoms with van der Waals surface area (Å²) in [5, 5.41) is 13.1. The zero-order valence-corrected chi connectivity index (χ0v) is 22.7. The average Bonchev–Trinajstić information content (AvgIpc) is 3.36. The second-order valence-electron chi connectivity index (χ2n) is 10.0. The van der Waals surface area contributed by atoms with E-state index in [1.54, 1.807) is 46.1 Å². The Bertz CT molecular complexity index is 1260. The first kappa shape index (κ1) is 28.0. The van der Waals surface area contributed by atoms with Crippen LogP contribution in [-0.2, 0) is 16.0 Å². The number of fused-ring (bicyclic) bond motifs is 1. The fourth-order valence-corrected chi connectivity index (χ4v) is 3.44. The lowest BCUT2D eigenvalue weighted by Crippen LogP contribution is -2.33. The average molecular weight is 538 g/mol. The number of anilines is 1. The third kappa shape index (κ3) is 7.44. The molecule has 2 amide bonds. The van der Waals surface area contributed by atoms with E-state index in [4.69, 9.17) is 30.4 Å². The molecule has 3 heterocycles. The van der Waals surface area contributed by atoms with Crippen LogP contribution < -0.4 is 15.4 Å². The van der Waals surface area contributed by atoms with Crippen LogP contribution in [0.3, 0.4) is 0 Å². The highest BCUT2D eigenvalue weighted by Crippen LogP contribution is 2.35. The van der Waals surface area contributed by atoms with E-state index in [1.165, 1.54) is 6.20 Å². The standard InChI is InChI=1S/C23H32ClN7O6/c1-8-31-16-13(34-11-9-10-25-20(32)35-22(2,3)4)12-26-17(24)14(16)27-19(31)15-18(30-37-29-15)28-21(33)36-23(5,6)7/h12H,8-11H2,1-7H3,(H,25,32)(H,28,30,33). The van der Waals surface area contributed by atoms with Crippen LogP contribution in [0.15, 0.2) is 10.8 Å². The second kappa shape index (κ2) is 11.2. The molecule has 0 aliphatic rings. The molecule has 13 nitrogen and oxygen atoms in total. The third-order valence-corrected chi connectivity index (χ3v) is 4.85. The van der Waals surface area contributed by atoms with Crippen molar-refractivity contribution in [1.82, 2.24) is 30.2 Å². The van der Waals surface area contributed by atoms with Crippen molar-refractivity contribution in [2.45, 2.75) is 72.6 Å². The number of aromatic nitrogens is 5. The van der Waals surface area contributed by atoms with Gasteiger partial charge in [-0.15, -0.1) is 0 Å². The molecule has 0 atom stereocenters. The Labute approximate surface area is 219 Å². The summed E-state index contributed by atoms with van der Waals surface area (Å²) in [5.74, 6) is 0.825. The van der Waals surface area contributed by atoms with Gasteiger partial charge in [-0.05, 0) is 65.2 Å². The van der Waals surface area contributed by atoms with Crippen molar-refractivity contribution in [3.05, 3.63) is 11.3 Å². The molecular weight excluding hydrogens is 506 g/mol. The number of nitrogens with zero attached hydrogens (tertiary/aromatic N) is 5. The van der Waals surface area contributed by atoms with Gasteiger partial charge in [-0.3, -0.25) is 5.32 Å². The highest BCUT2D eigenvalue weighted by Gasteiger charge is 2.26. The zero-order chi connectivity index (χ0) is 27.4. The molecule has 14 heteroatoms. The molecular formula is C23H32ClN7O6. The van der Waals surface area contributed by atoms with Gasteiger partial charge in [0, 0.05) is 13.1 Å². The lowest BCUT2D eigenvalue weighted by Gasteiger charge is -2.19. The maximum atomic E-state index is 12.3. The Balaban J connectivity index is 1.80. The van der Waals surface area contributed by atoms with Crippen LogP contribution in [0.1, 0.15) is 54.9 Å². The highest BCUT2D eigenvalue weighted by molar-refractivity contribution is 6.34. The minimum Gasteiger partial charge on any atom is -0.490 e. The van der Waals surface area contributed by atoms with Gasteiger partial charge in [0.1, 0.15) is 22.2 Å². The summed E-state index contributed by atoms with van der Waals surface area (Å²) in [6, 6.07) is 0. The van der Waals surface area contributed by atoms with Crippen molar-refractivity contribution < 1.29 is 28.4 Å². The van der Waals surface area contributed by atoms with Crippen LogP contribution >= 0.6 is 11.6 Å². The van der Waals surface area contributed by atoms with E-state index < -0.39 is 23.4 Å². The minimum absolute atomic E-state index is 0.0408. The number of amides is 2. The van der Waals surface area contributed by atoms with Crippen LogP contribution in [0.25, 0.3) is 22.6 Å². The summed E-state index contributed by atoms with van der Waals surface area (Å²) in [6.45, 7) is 13.6. The SMILES string of the molecule is CCn1c(-c2nonc2NC(=O)OC(C)(C)C)nc2c(Cl)ncc(OCCCNC(=O)OC(C)(C)C)c21. The quantitative estimate of drug-likeness (QED) is 0.302. The van der Waals surface area contributed by atoms with E-state index >= 15 is 0 Å². The maximum absolute atomic E-state index is 12.3. The van der Waals surface area contributed by atoms with Crippen molar-refractivity contribution in [3.63, 3.8) is 0 Å². The molecule has 0 fully saturated rings. The number of ether oxygens (including phenoxy) is 3. The number of hydrogen-bond donors (Lipinski definition) is 2. The molecule has 0 aliphatic carbocycles. The van der Waals surface area contributed by atoms with E-state index in [2.05, 4.69) is 30.9 Å². The van der Waals surface area contributed by atoms with Gasteiger partial charge < -0.3 is 24.1 Å². The topological polar surface area (TPSA) is 156 Å². The first-order valence-electron chi connectivity index (χ1n) is 11.8. The monoisotopic (exact) mass is 537 g/mol. The molecule has 37 heavy (non-hydrogen) atoms. The van der Waals surface area contributed by atoms with Gasteiger partial charge in [0.05, 0.1) is 12.8 Å². The summed E-state index contributed by atoms with van der Waals surface area (Å²) in [6.07, 6.45) is 0.819. The van der Waals surface area contributed by atoms with E-state index in [-0.39, 0.29) is 23.3 Å². The summed E-state index contributed by atoms with van der Waals surface area (Å²) < 4.78 is 23.1. The Kier molecular flexibility index (Phi) is 8.46. The van der Waals surface area contributed by atoms with Gasteiger partial charge in [-0.25, -0.2) is 24.2 Å². The van der Waals surface area contributed by atoms with Gasteiger partial charge in [-0.1, -0.05) is 11.6 Å². The smallest absolute Gasteiger partial charge is 0.413 e. The number of halogens is 1. The number of aryl methyl sites for hydroxylation is 1. The number of nitrogens with one attached hydrogen (secondary N) is 2. The summed E-state index contributed by atoms with van der Waals surface area (Å²) in [4.78, 5) is 32.8. The molecule has 0 bridgehead atoms. The van der Waals surface area contributed by atoms with Gasteiger partial charge >= 0.3 is 12.2 Å². The Morgan fingerprint density at radius 3 is 2.41 bits per heavy atom. The van der Waals surface area contributed by atoms with Crippen molar-refractivity contribution in [2.24, 2.45) is 0 Å². The predicted octanol–water partition coefficient (Wildman–Crippen LogP) is 4.80. The predicted molar refractivity (Wildman–Crippen MR) is 136 cm³/mol. The second-order valence-corrected chi connectivity index (χ2v) is 10.4. The molecule has 3 aromatic heterocycles. The largest absolute Gasteiger partial charge is 0.490 e. The molecule has 202 valence electrons. The number of hydrogen-bond acceptors (Lipinski definition) is 10. The molecule has 0 radical (unpaired) electrons. The number of imidazole rings is 1. The fourth-order valence-electron chi connectivity index (χ4n) is 3.25. The van der Waals surface area contributed by atoms with Crippen molar-refractivity contribution >= 4 is 40.6 Å².